The van der Waals surface area contributed by atoms with Gasteiger partial charge in [0.15, 0.2) is 0 Å². The minimum Gasteiger partial charge on any atom is -0.352 e. The highest BCUT2D eigenvalue weighted by Crippen LogP contribution is 2.37. The minimum absolute atomic E-state index is 0.0716. The predicted molar refractivity (Wildman–Crippen MR) is 104 cm³/mol. The first-order valence-corrected chi connectivity index (χ1v) is 9.75. The van der Waals surface area contributed by atoms with Crippen LogP contribution in [0.3, 0.4) is 0 Å². The smallest absolute Gasteiger partial charge is 0.352 e. The van der Waals surface area contributed by atoms with Crippen LogP contribution >= 0.6 is 0 Å². The Hall–Kier alpha value is -2.77. The SMILES string of the molecule is C=CC(=O)NC[C@H]1CN(c2ccc(C(F)(F)F)cc2)c2cc(CC3CC3)nn2C1. The van der Waals surface area contributed by atoms with E-state index in [1.54, 1.807) is 0 Å². The molecular formula is C21H23F3N4O. The molecule has 0 saturated heterocycles. The van der Waals surface area contributed by atoms with E-state index in [9.17, 15) is 18.0 Å². The Morgan fingerprint density at radius 2 is 1.93 bits per heavy atom. The van der Waals surface area contributed by atoms with E-state index in [0.29, 0.717) is 31.2 Å². The molecule has 1 atom stereocenters. The molecule has 1 aliphatic heterocycles. The maximum Gasteiger partial charge on any atom is 0.416 e. The average Bonchev–Trinajstić information content (AvgIpc) is 3.41. The van der Waals surface area contributed by atoms with Crippen LogP contribution in [0.1, 0.15) is 24.1 Å². The normalized spacial score (nSPS) is 19.0. The molecule has 1 N–H and O–H groups in total. The molecule has 154 valence electrons. The molecule has 2 aromatic rings. The van der Waals surface area contributed by atoms with Crippen LogP contribution in [0.25, 0.3) is 0 Å². The second-order valence-corrected chi connectivity index (χ2v) is 7.79. The van der Waals surface area contributed by atoms with Gasteiger partial charge in [-0.05, 0) is 55.5 Å². The zero-order valence-corrected chi connectivity index (χ0v) is 16.0. The number of hydrogen-bond acceptors (Lipinski definition) is 3. The summed E-state index contributed by atoms with van der Waals surface area (Å²) in [5.41, 5.74) is 1.02. The van der Waals surface area contributed by atoms with Crippen molar-refractivity contribution in [2.24, 2.45) is 11.8 Å². The molecule has 5 nitrogen and oxygen atoms in total. The van der Waals surface area contributed by atoms with Crippen LogP contribution in [0, 0.1) is 11.8 Å². The number of carbonyl (C=O) groups is 1. The molecule has 4 rings (SSSR count). The van der Waals surface area contributed by atoms with Gasteiger partial charge < -0.3 is 10.2 Å². The molecule has 1 amide bonds. The maximum absolute atomic E-state index is 12.9. The van der Waals surface area contributed by atoms with Gasteiger partial charge in [-0.1, -0.05) is 6.58 Å². The molecular weight excluding hydrogens is 381 g/mol. The van der Waals surface area contributed by atoms with Crippen molar-refractivity contribution in [2.75, 3.05) is 18.0 Å². The van der Waals surface area contributed by atoms with Gasteiger partial charge in [0.1, 0.15) is 5.82 Å². The molecule has 1 fully saturated rings. The van der Waals surface area contributed by atoms with E-state index in [1.807, 2.05) is 15.6 Å². The number of alkyl halides is 3. The Balaban J connectivity index is 1.60. The Morgan fingerprint density at radius 1 is 1.21 bits per heavy atom. The van der Waals surface area contributed by atoms with Crippen molar-refractivity contribution >= 4 is 17.4 Å². The molecule has 2 aliphatic rings. The Bertz CT molecular complexity index is 900. The van der Waals surface area contributed by atoms with Gasteiger partial charge in [-0.15, -0.1) is 0 Å². The number of anilines is 2. The van der Waals surface area contributed by atoms with Gasteiger partial charge in [0.25, 0.3) is 0 Å². The summed E-state index contributed by atoms with van der Waals surface area (Å²) < 4.78 is 40.7. The first-order chi connectivity index (χ1) is 13.8. The summed E-state index contributed by atoms with van der Waals surface area (Å²) in [6.07, 6.45) is 0.238. The molecule has 0 unspecified atom stereocenters. The van der Waals surface area contributed by atoms with Crippen molar-refractivity contribution in [1.29, 1.82) is 0 Å². The molecule has 29 heavy (non-hydrogen) atoms. The number of nitrogens with one attached hydrogen (secondary N) is 1. The van der Waals surface area contributed by atoms with Crippen molar-refractivity contribution in [3.8, 4) is 0 Å². The largest absolute Gasteiger partial charge is 0.416 e. The molecule has 0 spiro atoms. The fourth-order valence-electron chi connectivity index (χ4n) is 3.70. The Labute approximate surface area is 167 Å². The zero-order valence-electron chi connectivity index (χ0n) is 16.0. The third-order valence-electron chi connectivity index (χ3n) is 5.41. The topological polar surface area (TPSA) is 50.2 Å². The summed E-state index contributed by atoms with van der Waals surface area (Å²) in [4.78, 5) is 13.5. The van der Waals surface area contributed by atoms with Crippen molar-refractivity contribution in [3.63, 3.8) is 0 Å². The number of hydrogen-bond donors (Lipinski definition) is 1. The molecule has 8 heteroatoms. The van der Waals surface area contributed by atoms with Gasteiger partial charge in [0.2, 0.25) is 5.91 Å². The zero-order chi connectivity index (χ0) is 20.6. The summed E-state index contributed by atoms with van der Waals surface area (Å²) in [5, 5.41) is 7.53. The third kappa shape index (κ3) is 4.46. The first kappa shape index (κ1) is 19.5. The fourth-order valence-corrected chi connectivity index (χ4v) is 3.70. The number of amides is 1. The number of fused-ring (bicyclic) bond motifs is 1. The number of halogens is 3. The van der Waals surface area contributed by atoms with E-state index in [0.717, 1.165) is 30.1 Å². The number of nitrogens with zero attached hydrogens (tertiary/aromatic N) is 3. The summed E-state index contributed by atoms with van der Waals surface area (Å²) in [6, 6.07) is 7.22. The monoisotopic (exact) mass is 404 g/mol. The first-order valence-electron chi connectivity index (χ1n) is 9.75. The van der Waals surface area contributed by atoms with E-state index >= 15 is 0 Å². The number of rotatable bonds is 6. The van der Waals surface area contributed by atoms with E-state index in [2.05, 4.69) is 11.9 Å². The Kier molecular flexibility index (Phi) is 5.10. The standard InChI is InChI=1S/C21H23F3N4O/c1-2-19(29)25-11-15-12-27(18-7-5-16(6-8-18)21(22,23)24)20-10-17(9-14-3-4-14)26-28(20)13-15/h2,5-8,10,14-15H,1,3-4,9,11-13H2,(H,25,29)/t15-/m0/s1. The quantitative estimate of drug-likeness (QED) is 0.743. The lowest BCUT2D eigenvalue weighted by Crippen LogP contribution is -2.41. The summed E-state index contributed by atoms with van der Waals surface area (Å²) in [6.45, 7) is 5.13. The van der Waals surface area contributed by atoms with Gasteiger partial charge in [-0.3, -0.25) is 4.79 Å². The van der Waals surface area contributed by atoms with Gasteiger partial charge in [0.05, 0.1) is 11.3 Å². The van der Waals surface area contributed by atoms with E-state index in [1.165, 1.54) is 31.1 Å². The molecule has 1 saturated carbocycles. The van der Waals surface area contributed by atoms with Crippen LogP contribution in [0.4, 0.5) is 24.7 Å². The van der Waals surface area contributed by atoms with Crippen LogP contribution in [-0.2, 0) is 23.9 Å². The average molecular weight is 404 g/mol. The van der Waals surface area contributed by atoms with Crippen molar-refractivity contribution in [3.05, 3.63) is 54.2 Å². The van der Waals surface area contributed by atoms with Gasteiger partial charge in [-0.2, -0.15) is 18.3 Å². The van der Waals surface area contributed by atoms with Crippen LogP contribution in [0.2, 0.25) is 0 Å². The van der Waals surface area contributed by atoms with Crippen molar-refractivity contribution < 1.29 is 18.0 Å². The predicted octanol–water partition coefficient (Wildman–Crippen LogP) is 3.92. The van der Waals surface area contributed by atoms with Crippen molar-refractivity contribution in [2.45, 2.75) is 32.0 Å². The lowest BCUT2D eigenvalue weighted by Gasteiger charge is -2.35. The number of aromatic nitrogens is 2. The van der Waals surface area contributed by atoms with E-state index in [4.69, 9.17) is 5.10 Å². The summed E-state index contributed by atoms with van der Waals surface area (Å²) in [5.74, 6) is 1.40. The highest BCUT2D eigenvalue weighted by Gasteiger charge is 2.32. The lowest BCUT2D eigenvalue weighted by molar-refractivity contribution is -0.137. The van der Waals surface area contributed by atoms with Gasteiger partial charge >= 0.3 is 6.18 Å². The minimum atomic E-state index is -4.36. The number of benzene rings is 1. The molecule has 1 aromatic heterocycles. The van der Waals surface area contributed by atoms with Crippen LogP contribution in [0.5, 0.6) is 0 Å². The summed E-state index contributed by atoms with van der Waals surface area (Å²) in [7, 11) is 0. The molecule has 2 heterocycles. The van der Waals surface area contributed by atoms with Gasteiger partial charge in [0, 0.05) is 37.3 Å². The number of carbonyl (C=O) groups excluding carboxylic acids is 1. The molecule has 0 bridgehead atoms. The highest BCUT2D eigenvalue weighted by atomic mass is 19.4. The maximum atomic E-state index is 12.9. The summed E-state index contributed by atoms with van der Waals surface area (Å²) >= 11 is 0. The molecule has 1 aliphatic carbocycles. The van der Waals surface area contributed by atoms with Crippen LogP contribution in [0.15, 0.2) is 43.0 Å². The lowest BCUT2D eigenvalue weighted by atomic mass is 10.1. The second kappa shape index (κ2) is 7.57. The van der Waals surface area contributed by atoms with Gasteiger partial charge in [-0.25, -0.2) is 4.68 Å². The van der Waals surface area contributed by atoms with E-state index < -0.39 is 11.7 Å². The third-order valence-corrected chi connectivity index (χ3v) is 5.41. The molecule has 0 radical (unpaired) electrons. The molecule has 1 aromatic carbocycles. The highest BCUT2D eigenvalue weighted by molar-refractivity contribution is 5.86. The van der Waals surface area contributed by atoms with Crippen molar-refractivity contribution in [1.82, 2.24) is 15.1 Å². The van der Waals surface area contributed by atoms with Crippen LogP contribution in [-0.4, -0.2) is 28.8 Å². The van der Waals surface area contributed by atoms with E-state index in [-0.39, 0.29) is 11.8 Å². The second-order valence-electron chi connectivity index (χ2n) is 7.79. The fraction of sp³-hybridized carbons (Fsp3) is 0.429. The van der Waals surface area contributed by atoms with Crippen LogP contribution < -0.4 is 10.2 Å². The Morgan fingerprint density at radius 3 is 2.55 bits per heavy atom.